The van der Waals surface area contributed by atoms with Crippen molar-refractivity contribution in [3.05, 3.63) is 59.9 Å². The number of benzene rings is 1. The van der Waals surface area contributed by atoms with Gasteiger partial charge in [-0.15, -0.1) is 12.4 Å². The van der Waals surface area contributed by atoms with Gasteiger partial charge in [0.2, 0.25) is 0 Å². The Hall–Kier alpha value is -2.11. The molecule has 2 N–H and O–H groups in total. The van der Waals surface area contributed by atoms with Crippen molar-refractivity contribution in [1.82, 2.24) is 10.3 Å². The van der Waals surface area contributed by atoms with Gasteiger partial charge in [0.05, 0.1) is 0 Å². The lowest BCUT2D eigenvalue weighted by Crippen LogP contribution is -2.15. The third-order valence-corrected chi connectivity index (χ3v) is 2.69. The molecule has 0 radical (unpaired) electrons. The van der Waals surface area contributed by atoms with Crippen LogP contribution in [-0.4, -0.2) is 22.7 Å². The van der Waals surface area contributed by atoms with E-state index in [1.54, 1.807) is 18.5 Å². The summed E-state index contributed by atoms with van der Waals surface area (Å²) in [5.74, 6) is -0.392. The molecule has 0 unspecified atom stereocenters. The van der Waals surface area contributed by atoms with Crippen molar-refractivity contribution >= 4 is 18.4 Å². The predicted molar refractivity (Wildman–Crippen MR) is 81.6 cm³/mol. The quantitative estimate of drug-likeness (QED) is 0.821. The molecular weight excluding hydrogens is 292 g/mol. The molecule has 2 aromatic rings. The Labute approximate surface area is 129 Å². The van der Waals surface area contributed by atoms with E-state index in [2.05, 4.69) is 10.3 Å². The lowest BCUT2D eigenvalue weighted by atomic mass is 10.2. The highest BCUT2D eigenvalue weighted by Crippen LogP contribution is 2.17. The summed E-state index contributed by atoms with van der Waals surface area (Å²) in [4.78, 5) is 14.6. The number of hydrogen-bond donors (Lipinski definition) is 2. The molecule has 1 heterocycles. The molecule has 0 saturated heterocycles. The summed E-state index contributed by atoms with van der Waals surface area (Å²) in [6.07, 6.45) is 3.54. The van der Waals surface area contributed by atoms with Gasteiger partial charge in [-0.3, -0.25) is 4.98 Å². The monoisotopic (exact) mass is 308 g/mol. The van der Waals surface area contributed by atoms with E-state index in [9.17, 15) is 4.79 Å². The molecule has 0 fully saturated rings. The van der Waals surface area contributed by atoms with Crippen molar-refractivity contribution in [1.29, 1.82) is 0 Å². The van der Waals surface area contributed by atoms with E-state index < -0.39 is 5.97 Å². The maximum absolute atomic E-state index is 10.5. The van der Waals surface area contributed by atoms with Crippen molar-refractivity contribution < 1.29 is 14.6 Å². The van der Waals surface area contributed by atoms with E-state index >= 15 is 0 Å². The molecule has 0 amide bonds. The van der Waals surface area contributed by atoms with Gasteiger partial charge in [0.15, 0.2) is 6.61 Å². The Morgan fingerprint density at radius 1 is 1.19 bits per heavy atom. The molecule has 0 saturated carbocycles. The predicted octanol–water partition coefficient (Wildman–Crippen LogP) is 2.26. The molecule has 2 rings (SSSR count). The first-order chi connectivity index (χ1) is 9.75. The van der Waals surface area contributed by atoms with E-state index in [1.165, 1.54) is 0 Å². The number of pyridine rings is 1. The maximum Gasteiger partial charge on any atom is 0.341 e. The van der Waals surface area contributed by atoms with Crippen LogP contribution in [-0.2, 0) is 17.9 Å². The standard InChI is InChI=1S/C15H16N2O3.ClH/c18-15(19)11-20-14-6-2-1-5-13(14)10-17-9-12-4-3-7-16-8-12;/h1-8,17H,9-11H2,(H,18,19);1H. The van der Waals surface area contributed by atoms with Crippen molar-refractivity contribution in [3.8, 4) is 5.75 Å². The second-order valence-corrected chi connectivity index (χ2v) is 4.25. The van der Waals surface area contributed by atoms with Gasteiger partial charge in [0, 0.05) is 31.0 Å². The van der Waals surface area contributed by atoms with Crippen LogP contribution >= 0.6 is 12.4 Å². The fraction of sp³-hybridized carbons (Fsp3) is 0.200. The molecule has 0 spiro atoms. The number of halogens is 1. The van der Waals surface area contributed by atoms with E-state index in [-0.39, 0.29) is 19.0 Å². The van der Waals surface area contributed by atoms with E-state index in [0.29, 0.717) is 18.8 Å². The molecule has 0 aliphatic rings. The molecule has 6 heteroatoms. The molecule has 21 heavy (non-hydrogen) atoms. The zero-order valence-electron chi connectivity index (χ0n) is 11.4. The summed E-state index contributed by atoms with van der Waals surface area (Å²) in [5.41, 5.74) is 2.02. The average Bonchev–Trinajstić information content (AvgIpc) is 2.47. The minimum atomic E-state index is -0.983. The van der Waals surface area contributed by atoms with E-state index in [4.69, 9.17) is 9.84 Å². The molecule has 0 atom stereocenters. The maximum atomic E-state index is 10.5. The lowest BCUT2D eigenvalue weighted by molar-refractivity contribution is -0.139. The zero-order chi connectivity index (χ0) is 14.2. The highest BCUT2D eigenvalue weighted by atomic mass is 35.5. The Morgan fingerprint density at radius 3 is 2.71 bits per heavy atom. The highest BCUT2D eigenvalue weighted by molar-refractivity contribution is 5.85. The second-order valence-electron chi connectivity index (χ2n) is 4.25. The summed E-state index contributed by atoms with van der Waals surface area (Å²) in [7, 11) is 0. The fourth-order valence-electron chi connectivity index (χ4n) is 1.77. The second kappa shape index (κ2) is 8.94. The Bertz CT molecular complexity index is 564. The highest BCUT2D eigenvalue weighted by Gasteiger charge is 2.05. The van der Waals surface area contributed by atoms with Crippen molar-refractivity contribution in [2.75, 3.05) is 6.61 Å². The van der Waals surface area contributed by atoms with Crippen LogP contribution < -0.4 is 10.1 Å². The zero-order valence-corrected chi connectivity index (χ0v) is 12.2. The average molecular weight is 309 g/mol. The van der Waals surface area contributed by atoms with Gasteiger partial charge in [-0.2, -0.15) is 0 Å². The van der Waals surface area contributed by atoms with Gasteiger partial charge >= 0.3 is 5.97 Å². The number of carbonyl (C=O) groups is 1. The van der Waals surface area contributed by atoms with Crippen LogP contribution in [0.3, 0.4) is 0 Å². The third-order valence-electron chi connectivity index (χ3n) is 2.69. The van der Waals surface area contributed by atoms with Gasteiger partial charge in [-0.1, -0.05) is 24.3 Å². The molecule has 0 bridgehead atoms. The first-order valence-electron chi connectivity index (χ1n) is 6.28. The topological polar surface area (TPSA) is 71.5 Å². The third kappa shape index (κ3) is 5.81. The number of carboxylic acid groups (broad SMARTS) is 1. The number of aliphatic carboxylic acids is 1. The van der Waals surface area contributed by atoms with E-state index in [1.807, 2.05) is 30.3 Å². The Morgan fingerprint density at radius 2 is 2.00 bits per heavy atom. The largest absolute Gasteiger partial charge is 0.482 e. The van der Waals surface area contributed by atoms with Crippen molar-refractivity contribution in [3.63, 3.8) is 0 Å². The summed E-state index contributed by atoms with van der Waals surface area (Å²) in [6.45, 7) is 0.964. The van der Waals surface area contributed by atoms with Gasteiger partial charge in [0.25, 0.3) is 0 Å². The van der Waals surface area contributed by atoms with Crippen LogP contribution in [0.1, 0.15) is 11.1 Å². The molecule has 1 aromatic carbocycles. The van der Waals surface area contributed by atoms with Crippen LogP contribution in [0.15, 0.2) is 48.8 Å². The number of carboxylic acids is 1. The van der Waals surface area contributed by atoms with Crippen LogP contribution in [0.5, 0.6) is 5.75 Å². The van der Waals surface area contributed by atoms with Gasteiger partial charge in [-0.05, 0) is 17.7 Å². The normalized spacial score (nSPS) is 9.71. The smallest absolute Gasteiger partial charge is 0.341 e. The fourth-order valence-corrected chi connectivity index (χ4v) is 1.77. The minimum absolute atomic E-state index is 0. The molecule has 112 valence electrons. The lowest BCUT2D eigenvalue weighted by Gasteiger charge is -2.10. The summed E-state index contributed by atoms with van der Waals surface area (Å²) in [6, 6.07) is 11.3. The first kappa shape index (κ1) is 16.9. The van der Waals surface area contributed by atoms with Crippen LogP contribution in [0.2, 0.25) is 0 Å². The molecular formula is C15H17ClN2O3. The van der Waals surface area contributed by atoms with Crippen LogP contribution in [0.4, 0.5) is 0 Å². The van der Waals surface area contributed by atoms with E-state index in [0.717, 1.165) is 11.1 Å². The number of rotatable bonds is 7. The Balaban J connectivity index is 0.00000220. The number of nitrogens with zero attached hydrogens (tertiary/aromatic N) is 1. The summed E-state index contributed by atoms with van der Waals surface area (Å²) in [5, 5.41) is 11.9. The summed E-state index contributed by atoms with van der Waals surface area (Å²) >= 11 is 0. The molecule has 5 nitrogen and oxygen atoms in total. The van der Waals surface area contributed by atoms with Crippen LogP contribution in [0, 0.1) is 0 Å². The SMILES string of the molecule is Cl.O=C(O)COc1ccccc1CNCc1cccnc1. The van der Waals surface area contributed by atoms with Crippen LogP contribution in [0.25, 0.3) is 0 Å². The van der Waals surface area contributed by atoms with Gasteiger partial charge < -0.3 is 15.2 Å². The first-order valence-corrected chi connectivity index (χ1v) is 6.28. The van der Waals surface area contributed by atoms with Crippen molar-refractivity contribution in [2.45, 2.75) is 13.1 Å². The molecule has 1 aromatic heterocycles. The molecule has 0 aliphatic carbocycles. The molecule has 0 aliphatic heterocycles. The number of para-hydroxylation sites is 1. The number of nitrogens with one attached hydrogen (secondary N) is 1. The van der Waals surface area contributed by atoms with Gasteiger partial charge in [-0.25, -0.2) is 4.79 Å². The minimum Gasteiger partial charge on any atom is -0.482 e. The van der Waals surface area contributed by atoms with Gasteiger partial charge in [0.1, 0.15) is 5.75 Å². The number of aromatic nitrogens is 1. The number of ether oxygens (including phenoxy) is 1. The van der Waals surface area contributed by atoms with Crippen molar-refractivity contribution in [2.24, 2.45) is 0 Å². The number of hydrogen-bond acceptors (Lipinski definition) is 4. The Kier molecular flexibility index (Phi) is 7.21. The summed E-state index contributed by atoms with van der Waals surface area (Å²) < 4.78 is 5.25.